The highest BCUT2D eigenvalue weighted by atomic mass is 16.5. The number of nitrogens with one attached hydrogen (secondary N) is 1. The minimum absolute atomic E-state index is 0.00573. The van der Waals surface area contributed by atoms with Gasteiger partial charge in [0.25, 0.3) is 0 Å². The summed E-state index contributed by atoms with van der Waals surface area (Å²) in [7, 11) is 0. The van der Waals surface area contributed by atoms with Crippen molar-refractivity contribution < 1.29 is 14.6 Å². The third-order valence-electron chi connectivity index (χ3n) is 6.16. The zero-order valence-corrected chi connectivity index (χ0v) is 16.9. The quantitative estimate of drug-likeness (QED) is 0.737. The van der Waals surface area contributed by atoms with Crippen molar-refractivity contribution >= 4 is 5.91 Å². The minimum atomic E-state index is -0.539. The fourth-order valence-corrected chi connectivity index (χ4v) is 4.56. The number of nitrogens with zero attached hydrogens (tertiary/aromatic N) is 2. The fraction of sp³-hybridized carbons (Fsp3) is 0.417. The number of morpholine rings is 1. The van der Waals surface area contributed by atoms with E-state index in [0.29, 0.717) is 26.3 Å². The molecule has 5 atom stereocenters. The number of hydrogen-bond donors (Lipinski definition) is 2. The van der Waals surface area contributed by atoms with Crippen molar-refractivity contribution in [1.82, 2.24) is 10.2 Å². The van der Waals surface area contributed by atoms with E-state index in [2.05, 4.69) is 11.4 Å². The first kappa shape index (κ1) is 20.5. The van der Waals surface area contributed by atoms with Gasteiger partial charge in [0.05, 0.1) is 37.8 Å². The topological polar surface area (TPSA) is 85.6 Å². The molecule has 0 unspecified atom stereocenters. The first-order chi connectivity index (χ1) is 14.7. The van der Waals surface area contributed by atoms with Crippen LogP contribution in [0.4, 0.5) is 0 Å². The highest BCUT2D eigenvalue weighted by Crippen LogP contribution is 2.56. The number of carbonyl (C=O) groups excluding carboxylic acids is 1. The first-order valence-corrected chi connectivity index (χ1v) is 10.5. The number of nitriles is 1. The van der Waals surface area contributed by atoms with Gasteiger partial charge in [-0.05, 0) is 11.1 Å². The van der Waals surface area contributed by atoms with Crippen molar-refractivity contribution in [2.45, 2.75) is 18.0 Å². The van der Waals surface area contributed by atoms with Crippen LogP contribution in [0.25, 0.3) is 0 Å². The van der Waals surface area contributed by atoms with Gasteiger partial charge in [-0.25, -0.2) is 0 Å². The van der Waals surface area contributed by atoms with Gasteiger partial charge in [-0.1, -0.05) is 60.7 Å². The Morgan fingerprint density at radius 3 is 2.37 bits per heavy atom. The van der Waals surface area contributed by atoms with Gasteiger partial charge in [0.2, 0.25) is 5.91 Å². The zero-order chi connectivity index (χ0) is 20.9. The molecule has 1 saturated carbocycles. The molecular formula is C24H27N3O3. The summed E-state index contributed by atoms with van der Waals surface area (Å²) in [4.78, 5) is 15.1. The number of aliphatic hydroxyl groups excluding tert-OH is 1. The molecule has 4 rings (SSSR count). The van der Waals surface area contributed by atoms with Crippen molar-refractivity contribution in [3.63, 3.8) is 0 Å². The molecule has 2 aromatic rings. The summed E-state index contributed by atoms with van der Waals surface area (Å²) in [5.41, 5.74) is 2.00. The Hall–Kier alpha value is -2.72. The number of amides is 1. The molecule has 2 fully saturated rings. The Labute approximate surface area is 177 Å². The second-order valence-electron chi connectivity index (χ2n) is 7.90. The number of aliphatic hydroxyl groups is 1. The number of carbonyl (C=O) groups is 1. The van der Waals surface area contributed by atoms with Crippen LogP contribution in [0.2, 0.25) is 0 Å². The monoisotopic (exact) mass is 405 g/mol. The molecule has 2 aliphatic rings. The third kappa shape index (κ3) is 4.24. The van der Waals surface area contributed by atoms with E-state index in [1.807, 2.05) is 65.6 Å². The number of benzene rings is 2. The molecule has 2 aromatic carbocycles. The number of rotatable bonds is 7. The van der Waals surface area contributed by atoms with Crippen molar-refractivity contribution in [3.05, 3.63) is 71.8 Å². The molecule has 0 aromatic heterocycles. The van der Waals surface area contributed by atoms with Gasteiger partial charge in [0.1, 0.15) is 6.04 Å². The Bertz CT molecular complexity index is 878. The predicted molar refractivity (Wildman–Crippen MR) is 112 cm³/mol. The summed E-state index contributed by atoms with van der Waals surface area (Å²) in [5.74, 6) is -0.281. The van der Waals surface area contributed by atoms with Gasteiger partial charge < -0.3 is 14.7 Å². The van der Waals surface area contributed by atoms with Gasteiger partial charge in [-0.15, -0.1) is 0 Å². The SMILES string of the molecule is N#C[C@@H](N[C@@H](CO)c1ccccc1)[C@@H]1[C@@H](C(=O)N2CCOCC2)[C@H]1c1ccccc1. The molecule has 30 heavy (non-hydrogen) atoms. The molecule has 1 aliphatic heterocycles. The number of ether oxygens (including phenoxy) is 1. The molecule has 6 nitrogen and oxygen atoms in total. The predicted octanol–water partition coefficient (Wildman–Crippen LogP) is 2.09. The van der Waals surface area contributed by atoms with Gasteiger partial charge in [-0.3, -0.25) is 10.1 Å². The van der Waals surface area contributed by atoms with Crippen LogP contribution in [0.3, 0.4) is 0 Å². The van der Waals surface area contributed by atoms with Gasteiger partial charge in [0, 0.05) is 24.9 Å². The zero-order valence-electron chi connectivity index (χ0n) is 16.9. The molecule has 0 spiro atoms. The van der Waals surface area contributed by atoms with Crippen LogP contribution >= 0.6 is 0 Å². The smallest absolute Gasteiger partial charge is 0.226 e. The van der Waals surface area contributed by atoms with Gasteiger partial charge in [-0.2, -0.15) is 5.26 Å². The Kier molecular flexibility index (Phi) is 6.44. The molecule has 2 N–H and O–H groups in total. The summed E-state index contributed by atoms with van der Waals surface area (Å²) < 4.78 is 5.39. The van der Waals surface area contributed by atoms with Crippen molar-refractivity contribution in [2.75, 3.05) is 32.9 Å². The average molecular weight is 405 g/mol. The van der Waals surface area contributed by atoms with Gasteiger partial charge >= 0.3 is 0 Å². The fourth-order valence-electron chi connectivity index (χ4n) is 4.56. The average Bonchev–Trinajstić information content (AvgIpc) is 3.56. The van der Waals surface area contributed by atoms with E-state index in [1.54, 1.807) is 0 Å². The van der Waals surface area contributed by atoms with Crippen LogP contribution in [0.15, 0.2) is 60.7 Å². The molecule has 1 heterocycles. The molecule has 1 saturated heterocycles. The molecule has 1 amide bonds. The van der Waals surface area contributed by atoms with E-state index < -0.39 is 6.04 Å². The summed E-state index contributed by atoms with van der Waals surface area (Å²) in [5, 5.41) is 23.2. The molecular weight excluding hydrogens is 378 g/mol. The van der Waals surface area contributed by atoms with E-state index in [0.717, 1.165) is 11.1 Å². The molecule has 156 valence electrons. The Balaban J connectivity index is 1.56. The maximum absolute atomic E-state index is 13.3. The normalized spacial score (nSPS) is 25.2. The van der Waals surface area contributed by atoms with Crippen LogP contribution in [0.5, 0.6) is 0 Å². The van der Waals surface area contributed by atoms with Crippen LogP contribution < -0.4 is 5.32 Å². The Morgan fingerprint density at radius 2 is 1.77 bits per heavy atom. The second-order valence-corrected chi connectivity index (χ2v) is 7.90. The highest BCUT2D eigenvalue weighted by Gasteiger charge is 2.60. The largest absolute Gasteiger partial charge is 0.394 e. The van der Waals surface area contributed by atoms with Crippen molar-refractivity contribution in [2.24, 2.45) is 11.8 Å². The standard InChI is InChI=1S/C24H27N3O3/c25-15-19(26-20(16-28)17-7-3-1-4-8-17)22-21(18-9-5-2-6-10-18)23(22)24(29)27-11-13-30-14-12-27/h1-10,19-23,26,28H,11-14,16H2/t19-,20+,21+,22+,23+/m1/s1. The lowest BCUT2D eigenvalue weighted by Gasteiger charge is -2.27. The third-order valence-corrected chi connectivity index (χ3v) is 6.16. The molecule has 6 heteroatoms. The highest BCUT2D eigenvalue weighted by molar-refractivity contribution is 5.84. The van der Waals surface area contributed by atoms with Crippen LogP contribution in [0.1, 0.15) is 23.1 Å². The maximum Gasteiger partial charge on any atom is 0.226 e. The van der Waals surface area contributed by atoms with Crippen LogP contribution in [0, 0.1) is 23.2 Å². The molecule has 0 bridgehead atoms. The van der Waals surface area contributed by atoms with E-state index in [4.69, 9.17) is 4.74 Å². The lowest BCUT2D eigenvalue weighted by molar-refractivity contribution is -0.137. The lowest BCUT2D eigenvalue weighted by atomic mass is 10.0. The second kappa shape index (κ2) is 9.40. The van der Waals surface area contributed by atoms with E-state index in [-0.39, 0.29) is 36.3 Å². The molecule has 1 aliphatic carbocycles. The van der Waals surface area contributed by atoms with E-state index >= 15 is 0 Å². The summed E-state index contributed by atoms with van der Waals surface area (Å²) >= 11 is 0. The van der Waals surface area contributed by atoms with Crippen LogP contribution in [-0.2, 0) is 9.53 Å². The van der Waals surface area contributed by atoms with Crippen molar-refractivity contribution in [3.8, 4) is 6.07 Å². The van der Waals surface area contributed by atoms with Crippen LogP contribution in [-0.4, -0.2) is 54.9 Å². The summed E-state index contributed by atoms with van der Waals surface area (Å²) in [6, 6.07) is 21.0. The summed E-state index contributed by atoms with van der Waals surface area (Å²) in [6.07, 6.45) is 0. The lowest BCUT2D eigenvalue weighted by Crippen LogP contribution is -2.43. The van der Waals surface area contributed by atoms with Crippen molar-refractivity contribution in [1.29, 1.82) is 5.26 Å². The summed E-state index contributed by atoms with van der Waals surface area (Å²) in [6.45, 7) is 2.18. The first-order valence-electron chi connectivity index (χ1n) is 10.5. The maximum atomic E-state index is 13.3. The number of hydrogen-bond acceptors (Lipinski definition) is 5. The van der Waals surface area contributed by atoms with E-state index in [1.165, 1.54) is 0 Å². The van der Waals surface area contributed by atoms with E-state index in [9.17, 15) is 15.2 Å². The van der Waals surface area contributed by atoms with Gasteiger partial charge in [0.15, 0.2) is 0 Å². The molecule has 0 radical (unpaired) electrons. The minimum Gasteiger partial charge on any atom is -0.394 e. The Morgan fingerprint density at radius 1 is 1.13 bits per heavy atom.